The number of halogens is 3. The molecule has 0 bridgehead atoms. The molecule has 0 N–H and O–H groups in total. The monoisotopic (exact) mass is 508 g/mol. The zero-order valence-electron chi connectivity index (χ0n) is 20.6. The number of benzene rings is 3. The molecule has 0 amide bonds. The van der Waals surface area contributed by atoms with E-state index in [4.69, 9.17) is 9.73 Å². The summed E-state index contributed by atoms with van der Waals surface area (Å²) in [6, 6.07) is 14.8. The lowest BCUT2D eigenvalue weighted by Gasteiger charge is -2.45. The van der Waals surface area contributed by atoms with Crippen LogP contribution in [0.4, 0.5) is 30.2 Å². The molecule has 2 aliphatic heterocycles. The Balaban J connectivity index is 1.56. The number of esters is 1. The molecule has 37 heavy (non-hydrogen) atoms. The van der Waals surface area contributed by atoms with Crippen LogP contribution in [0.3, 0.4) is 0 Å². The predicted molar refractivity (Wildman–Crippen MR) is 137 cm³/mol. The molecular weight excluding hydrogens is 481 g/mol. The SMILES string of the molecule is COC(=O)CC1c2cccc(F)c2N=C(N2CCN(c3ccc(F)cc3)CC2)N1c1cc(F)ccc1C. The van der Waals surface area contributed by atoms with Gasteiger partial charge in [0, 0.05) is 37.4 Å². The summed E-state index contributed by atoms with van der Waals surface area (Å²) in [7, 11) is 1.30. The summed E-state index contributed by atoms with van der Waals surface area (Å²) in [5, 5.41) is 0. The molecule has 3 aromatic rings. The van der Waals surface area contributed by atoms with Crippen molar-refractivity contribution in [3.8, 4) is 0 Å². The third-order valence-corrected chi connectivity index (χ3v) is 6.89. The van der Waals surface area contributed by atoms with Crippen LogP contribution in [0.2, 0.25) is 0 Å². The molecule has 2 aliphatic rings. The molecule has 0 radical (unpaired) electrons. The van der Waals surface area contributed by atoms with E-state index < -0.39 is 23.6 Å². The molecule has 3 aromatic carbocycles. The summed E-state index contributed by atoms with van der Waals surface area (Å²) in [5.74, 6) is -1.24. The van der Waals surface area contributed by atoms with Gasteiger partial charge in [0.15, 0.2) is 0 Å². The first-order chi connectivity index (χ1) is 17.9. The van der Waals surface area contributed by atoms with Crippen LogP contribution in [0.25, 0.3) is 0 Å². The lowest BCUT2D eigenvalue weighted by molar-refractivity contribution is -0.141. The molecule has 9 heteroatoms. The number of methoxy groups -OCH3 is 1. The summed E-state index contributed by atoms with van der Waals surface area (Å²) < 4.78 is 47.9. The summed E-state index contributed by atoms with van der Waals surface area (Å²) in [6.45, 7) is 4.17. The molecule has 1 unspecified atom stereocenters. The number of fused-ring (bicyclic) bond motifs is 1. The smallest absolute Gasteiger partial charge is 0.307 e. The first-order valence-corrected chi connectivity index (χ1v) is 12.1. The van der Waals surface area contributed by atoms with E-state index in [0.717, 1.165) is 11.3 Å². The Kier molecular flexibility index (Phi) is 6.78. The van der Waals surface area contributed by atoms with Gasteiger partial charge in [0.05, 0.1) is 25.3 Å². The highest BCUT2D eigenvalue weighted by Crippen LogP contribution is 2.43. The number of nitrogens with zero attached hydrogens (tertiary/aromatic N) is 4. The lowest BCUT2D eigenvalue weighted by atomic mass is 9.96. The van der Waals surface area contributed by atoms with Gasteiger partial charge in [-0.05, 0) is 55.0 Å². The number of carbonyl (C=O) groups excluding carboxylic acids is 1. The number of aliphatic imine (C=N–C) groups is 1. The molecule has 5 rings (SSSR count). The van der Waals surface area contributed by atoms with E-state index in [9.17, 15) is 13.6 Å². The average molecular weight is 509 g/mol. The van der Waals surface area contributed by atoms with Gasteiger partial charge in [-0.1, -0.05) is 18.2 Å². The number of aryl methyl sites for hydroxylation is 1. The molecule has 1 atom stereocenters. The quantitative estimate of drug-likeness (QED) is 0.445. The van der Waals surface area contributed by atoms with E-state index >= 15 is 4.39 Å². The second-order valence-electron chi connectivity index (χ2n) is 9.14. The number of hydrogen-bond donors (Lipinski definition) is 0. The van der Waals surface area contributed by atoms with Crippen molar-refractivity contribution in [2.24, 2.45) is 4.99 Å². The van der Waals surface area contributed by atoms with Crippen molar-refractivity contribution in [3.05, 3.63) is 89.2 Å². The maximum Gasteiger partial charge on any atom is 0.307 e. The number of anilines is 2. The highest BCUT2D eigenvalue weighted by Gasteiger charge is 2.38. The van der Waals surface area contributed by atoms with Crippen molar-refractivity contribution in [3.63, 3.8) is 0 Å². The van der Waals surface area contributed by atoms with Gasteiger partial charge in [-0.15, -0.1) is 0 Å². The number of ether oxygens (including phenoxy) is 1. The first kappa shape index (κ1) is 24.7. The molecule has 0 spiro atoms. The molecule has 6 nitrogen and oxygen atoms in total. The Morgan fingerprint density at radius 3 is 2.32 bits per heavy atom. The minimum atomic E-state index is -0.652. The average Bonchev–Trinajstić information content (AvgIpc) is 2.91. The maximum atomic E-state index is 15.0. The number of hydrogen-bond acceptors (Lipinski definition) is 6. The summed E-state index contributed by atoms with van der Waals surface area (Å²) in [4.78, 5) is 23.2. The van der Waals surface area contributed by atoms with E-state index in [2.05, 4.69) is 4.90 Å². The summed E-state index contributed by atoms with van der Waals surface area (Å²) in [6.07, 6.45) is -0.0720. The molecule has 0 saturated carbocycles. The van der Waals surface area contributed by atoms with E-state index in [1.165, 1.54) is 37.4 Å². The van der Waals surface area contributed by atoms with Gasteiger partial charge in [-0.2, -0.15) is 0 Å². The number of carbonyl (C=O) groups is 1. The van der Waals surface area contributed by atoms with Crippen LogP contribution in [-0.4, -0.2) is 50.1 Å². The van der Waals surface area contributed by atoms with E-state index in [-0.39, 0.29) is 17.9 Å². The Morgan fingerprint density at radius 1 is 0.946 bits per heavy atom. The number of para-hydroxylation sites is 1. The minimum absolute atomic E-state index is 0.0720. The molecule has 0 aliphatic carbocycles. The second kappa shape index (κ2) is 10.2. The number of guanidine groups is 1. The van der Waals surface area contributed by atoms with E-state index in [1.807, 2.05) is 16.7 Å². The molecule has 2 heterocycles. The van der Waals surface area contributed by atoms with E-state index in [0.29, 0.717) is 43.4 Å². The van der Waals surface area contributed by atoms with E-state index in [1.54, 1.807) is 30.3 Å². The predicted octanol–water partition coefficient (Wildman–Crippen LogP) is 5.35. The Bertz CT molecular complexity index is 1340. The van der Waals surface area contributed by atoms with Gasteiger partial charge >= 0.3 is 5.97 Å². The van der Waals surface area contributed by atoms with Crippen molar-refractivity contribution in [2.75, 3.05) is 43.1 Å². The highest BCUT2D eigenvalue weighted by molar-refractivity contribution is 6.01. The fourth-order valence-corrected chi connectivity index (χ4v) is 4.95. The standard InChI is InChI=1S/C28H27F3N4O2/c1-18-6-7-20(30)16-24(18)35-25(17-26(36)37-2)22-4-3-5-23(31)27(22)32-28(35)34-14-12-33(13-15-34)21-10-8-19(29)9-11-21/h3-11,16,25H,12-15,17H2,1-2H3. The second-order valence-corrected chi connectivity index (χ2v) is 9.14. The minimum Gasteiger partial charge on any atom is -0.469 e. The van der Waals surface area contributed by atoms with Crippen LogP contribution in [0.15, 0.2) is 65.7 Å². The Hall–Kier alpha value is -4.01. The zero-order valence-corrected chi connectivity index (χ0v) is 20.6. The van der Waals surface area contributed by atoms with Crippen LogP contribution in [0.1, 0.15) is 23.6 Å². The van der Waals surface area contributed by atoms with Crippen LogP contribution < -0.4 is 9.80 Å². The van der Waals surface area contributed by atoms with Crippen molar-refractivity contribution in [1.82, 2.24) is 4.90 Å². The number of rotatable bonds is 4. The normalized spacial score (nSPS) is 17.4. The van der Waals surface area contributed by atoms with Crippen molar-refractivity contribution in [2.45, 2.75) is 19.4 Å². The van der Waals surface area contributed by atoms with Crippen molar-refractivity contribution < 1.29 is 22.7 Å². The Labute approximate surface area is 213 Å². The van der Waals surface area contributed by atoms with Crippen LogP contribution in [0, 0.1) is 24.4 Å². The van der Waals surface area contributed by atoms with Gasteiger partial charge in [0.25, 0.3) is 0 Å². The third-order valence-electron chi connectivity index (χ3n) is 6.89. The third kappa shape index (κ3) is 4.85. The van der Waals surface area contributed by atoms with Gasteiger partial charge < -0.3 is 19.4 Å². The Morgan fingerprint density at radius 2 is 1.62 bits per heavy atom. The summed E-state index contributed by atoms with van der Waals surface area (Å²) >= 11 is 0. The van der Waals surface area contributed by atoms with Crippen LogP contribution in [-0.2, 0) is 9.53 Å². The lowest BCUT2D eigenvalue weighted by Crippen LogP contribution is -2.55. The zero-order chi connectivity index (χ0) is 26.1. The molecule has 0 aromatic heterocycles. The molecule has 1 fully saturated rings. The van der Waals surface area contributed by atoms with Gasteiger partial charge in [0.1, 0.15) is 23.1 Å². The fraction of sp³-hybridized carbons (Fsp3) is 0.286. The first-order valence-electron chi connectivity index (χ1n) is 12.1. The van der Waals surface area contributed by atoms with Gasteiger partial charge in [-0.3, -0.25) is 4.79 Å². The molecular formula is C28H27F3N4O2. The van der Waals surface area contributed by atoms with Gasteiger partial charge in [0.2, 0.25) is 5.96 Å². The van der Waals surface area contributed by atoms with Crippen molar-refractivity contribution in [1.29, 1.82) is 0 Å². The topological polar surface area (TPSA) is 48.4 Å². The number of piperazine rings is 1. The summed E-state index contributed by atoms with van der Waals surface area (Å²) in [5.41, 5.74) is 2.93. The highest BCUT2D eigenvalue weighted by atomic mass is 19.1. The van der Waals surface area contributed by atoms with Crippen LogP contribution in [0.5, 0.6) is 0 Å². The molecule has 192 valence electrons. The van der Waals surface area contributed by atoms with Gasteiger partial charge in [-0.25, -0.2) is 18.2 Å². The molecule has 1 saturated heterocycles. The fourth-order valence-electron chi connectivity index (χ4n) is 4.95. The van der Waals surface area contributed by atoms with Crippen LogP contribution >= 0.6 is 0 Å². The van der Waals surface area contributed by atoms with Crippen molar-refractivity contribution >= 4 is 29.0 Å². The largest absolute Gasteiger partial charge is 0.469 e. The maximum absolute atomic E-state index is 15.0.